The lowest BCUT2D eigenvalue weighted by molar-refractivity contribution is -0.131. The molecule has 0 atom stereocenters. The van der Waals surface area contributed by atoms with Gasteiger partial charge in [0.25, 0.3) is 0 Å². The standard InChI is InChI=1S/C13H21F3N4/c1-4-7-17-11-9(3)12(20-10(5-2)19-11)18-8-6-13(14,15)16/h4-8H2,1-3H3,(H2,17,18,19,20). The summed E-state index contributed by atoms with van der Waals surface area (Å²) in [6, 6.07) is 0. The van der Waals surface area contributed by atoms with Crippen LogP contribution in [0, 0.1) is 6.92 Å². The first-order valence-corrected chi connectivity index (χ1v) is 6.79. The summed E-state index contributed by atoms with van der Waals surface area (Å²) in [5.41, 5.74) is 0.748. The molecular formula is C13H21F3N4. The SMILES string of the molecule is CCCNc1nc(CC)nc(NCCC(F)(F)F)c1C. The Balaban J connectivity index is 2.82. The third-order valence-electron chi connectivity index (χ3n) is 2.75. The van der Waals surface area contributed by atoms with Crippen LogP contribution in [0.3, 0.4) is 0 Å². The minimum Gasteiger partial charge on any atom is -0.370 e. The Labute approximate surface area is 117 Å². The number of hydrogen-bond acceptors (Lipinski definition) is 4. The van der Waals surface area contributed by atoms with Crippen molar-refractivity contribution in [1.82, 2.24) is 9.97 Å². The second kappa shape index (κ2) is 7.31. The summed E-state index contributed by atoms with van der Waals surface area (Å²) in [7, 11) is 0. The van der Waals surface area contributed by atoms with Gasteiger partial charge >= 0.3 is 6.18 Å². The van der Waals surface area contributed by atoms with Crippen LogP contribution in [0.4, 0.5) is 24.8 Å². The van der Waals surface area contributed by atoms with Crippen LogP contribution in [-0.4, -0.2) is 29.2 Å². The van der Waals surface area contributed by atoms with Crippen LogP contribution in [0.2, 0.25) is 0 Å². The highest BCUT2D eigenvalue weighted by molar-refractivity contribution is 5.57. The van der Waals surface area contributed by atoms with Crippen molar-refractivity contribution >= 4 is 11.6 Å². The van der Waals surface area contributed by atoms with Gasteiger partial charge < -0.3 is 10.6 Å². The molecule has 4 nitrogen and oxygen atoms in total. The maximum absolute atomic E-state index is 12.2. The van der Waals surface area contributed by atoms with Gasteiger partial charge in [0.2, 0.25) is 0 Å². The van der Waals surface area contributed by atoms with Crippen LogP contribution in [0.25, 0.3) is 0 Å². The number of halogens is 3. The van der Waals surface area contributed by atoms with Crippen molar-refractivity contribution in [2.75, 3.05) is 23.7 Å². The first kappa shape index (κ1) is 16.5. The van der Waals surface area contributed by atoms with Crippen molar-refractivity contribution in [3.05, 3.63) is 11.4 Å². The van der Waals surface area contributed by atoms with E-state index >= 15 is 0 Å². The number of aryl methyl sites for hydroxylation is 1. The molecule has 0 spiro atoms. The molecular weight excluding hydrogens is 269 g/mol. The van der Waals surface area contributed by atoms with Gasteiger partial charge in [-0.25, -0.2) is 9.97 Å². The van der Waals surface area contributed by atoms with Crippen LogP contribution in [0.5, 0.6) is 0 Å². The molecule has 0 aliphatic carbocycles. The smallest absolute Gasteiger partial charge is 0.370 e. The summed E-state index contributed by atoms with van der Waals surface area (Å²) < 4.78 is 36.5. The third-order valence-corrected chi connectivity index (χ3v) is 2.75. The molecule has 0 aromatic carbocycles. The minimum absolute atomic E-state index is 0.183. The number of aromatic nitrogens is 2. The van der Waals surface area contributed by atoms with Gasteiger partial charge in [0.1, 0.15) is 17.5 Å². The lowest BCUT2D eigenvalue weighted by Crippen LogP contribution is -2.17. The van der Waals surface area contributed by atoms with Crippen molar-refractivity contribution < 1.29 is 13.2 Å². The van der Waals surface area contributed by atoms with E-state index in [0.29, 0.717) is 23.9 Å². The highest BCUT2D eigenvalue weighted by Gasteiger charge is 2.26. The van der Waals surface area contributed by atoms with E-state index in [1.807, 2.05) is 13.8 Å². The van der Waals surface area contributed by atoms with Gasteiger partial charge in [-0.1, -0.05) is 13.8 Å². The summed E-state index contributed by atoms with van der Waals surface area (Å²) in [6.45, 7) is 6.33. The van der Waals surface area contributed by atoms with E-state index in [1.165, 1.54) is 0 Å². The Hall–Kier alpha value is -1.53. The predicted molar refractivity (Wildman–Crippen MR) is 74.1 cm³/mol. The molecule has 1 aromatic heterocycles. The van der Waals surface area contributed by atoms with Crippen LogP contribution < -0.4 is 10.6 Å². The molecule has 0 amide bonds. The maximum Gasteiger partial charge on any atom is 0.390 e. The van der Waals surface area contributed by atoms with Gasteiger partial charge in [-0.3, -0.25) is 0 Å². The maximum atomic E-state index is 12.2. The summed E-state index contributed by atoms with van der Waals surface area (Å²) in [4.78, 5) is 8.61. The van der Waals surface area contributed by atoms with Gasteiger partial charge in [-0.15, -0.1) is 0 Å². The topological polar surface area (TPSA) is 49.8 Å². The molecule has 1 rings (SSSR count). The van der Waals surface area contributed by atoms with Gasteiger partial charge in [0.05, 0.1) is 6.42 Å². The molecule has 0 bridgehead atoms. The number of rotatable bonds is 7. The molecule has 1 heterocycles. The molecule has 20 heavy (non-hydrogen) atoms. The second-order valence-corrected chi connectivity index (χ2v) is 4.53. The Bertz CT molecular complexity index is 432. The minimum atomic E-state index is -4.16. The third kappa shape index (κ3) is 5.22. The van der Waals surface area contributed by atoms with E-state index < -0.39 is 12.6 Å². The van der Waals surface area contributed by atoms with Crippen LogP contribution in [0.1, 0.15) is 38.1 Å². The molecule has 0 aliphatic heterocycles. The second-order valence-electron chi connectivity index (χ2n) is 4.53. The van der Waals surface area contributed by atoms with Crippen LogP contribution >= 0.6 is 0 Å². The highest BCUT2D eigenvalue weighted by Crippen LogP contribution is 2.22. The molecule has 1 aromatic rings. The number of nitrogens with zero attached hydrogens (tertiary/aromatic N) is 2. The average molecular weight is 290 g/mol. The molecule has 0 saturated carbocycles. The first-order valence-electron chi connectivity index (χ1n) is 6.79. The normalized spacial score (nSPS) is 11.5. The van der Waals surface area contributed by atoms with E-state index in [4.69, 9.17) is 0 Å². The number of anilines is 2. The fourth-order valence-corrected chi connectivity index (χ4v) is 1.63. The summed E-state index contributed by atoms with van der Waals surface area (Å²) >= 11 is 0. The summed E-state index contributed by atoms with van der Waals surface area (Å²) in [5, 5.41) is 5.92. The van der Waals surface area contributed by atoms with Crippen molar-refractivity contribution in [2.45, 2.75) is 46.2 Å². The summed E-state index contributed by atoms with van der Waals surface area (Å²) in [6.07, 6.45) is -3.46. The molecule has 114 valence electrons. The average Bonchev–Trinajstić information content (AvgIpc) is 2.37. The Kier molecular flexibility index (Phi) is 6.04. The monoisotopic (exact) mass is 290 g/mol. The molecule has 0 unspecified atom stereocenters. The Morgan fingerprint density at radius 2 is 1.55 bits per heavy atom. The van der Waals surface area contributed by atoms with E-state index in [1.54, 1.807) is 6.92 Å². The zero-order valence-corrected chi connectivity index (χ0v) is 12.1. The number of alkyl halides is 3. The van der Waals surface area contributed by atoms with E-state index in [0.717, 1.165) is 18.5 Å². The molecule has 0 radical (unpaired) electrons. The molecule has 0 aliphatic rings. The van der Waals surface area contributed by atoms with Crippen LogP contribution in [0.15, 0.2) is 0 Å². The molecule has 2 N–H and O–H groups in total. The zero-order valence-electron chi connectivity index (χ0n) is 12.1. The van der Waals surface area contributed by atoms with Crippen LogP contribution in [-0.2, 0) is 6.42 Å². The quantitative estimate of drug-likeness (QED) is 0.806. The predicted octanol–water partition coefficient (Wildman–Crippen LogP) is 3.53. The van der Waals surface area contributed by atoms with E-state index in [9.17, 15) is 13.2 Å². The Morgan fingerprint density at radius 1 is 1.00 bits per heavy atom. The fourth-order valence-electron chi connectivity index (χ4n) is 1.63. The van der Waals surface area contributed by atoms with Crippen molar-refractivity contribution in [3.63, 3.8) is 0 Å². The number of hydrogen-bond donors (Lipinski definition) is 2. The van der Waals surface area contributed by atoms with Crippen molar-refractivity contribution in [1.29, 1.82) is 0 Å². The van der Waals surface area contributed by atoms with Gasteiger partial charge in [-0.2, -0.15) is 13.2 Å². The van der Waals surface area contributed by atoms with E-state index in [2.05, 4.69) is 20.6 Å². The lowest BCUT2D eigenvalue weighted by atomic mass is 10.2. The fraction of sp³-hybridized carbons (Fsp3) is 0.692. The highest BCUT2D eigenvalue weighted by atomic mass is 19.4. The lowest BCUT2D eigenvalue weighted by Gasteiger charge is -2.15. The molecule has 7 heteroatoms. The number of nitrogens with one attached hydrogen (secondary N) is 2. The van der Waals surface area contributed by atoms with Gasteiger partial charge in [-0.05, 0) is 13.3 Å². The van der Waals surface area contributed by atoms with Crippen molar-refractivity contribution in [2.24, 2.45) is 0 Å². The molecule has 0 saturated heterocycles. The van der Waals surface area contributed by atoms with Gasteiger partial charge in [0, 0.05) is 25.1 Å². The van der Waals surface area contributed by atoms with Gasteiger partial charge in [0.15, 0.2) is 0 Å². The zero-order chi connectivity index (χ0) is 15.2. The summed E-state index contributed by atoms with van der Waals surface area (Å²) in [5.74, 6) is 1.77. The van der Waals surface area contributed by atoms with E-state index in [-0.39, 0.29) is 6.54 Å². The largest absolute Gasteiger partial charge is 0.390 e. The Morgan fingerprint density at radius 3 is 2.00 bits per heavy atom. The first-order chi connectivity index (χ1) is 9.37. The molecule has 0 fully saturated rings. The van der Waals surface area contributed by atoms with Crippen molar-refractivity contribution in [3.8, 4) is 0 Å².